The van der Waals surface area contributed by atoms with Crippen molar-refractivity contribution in [3.63, 3.8) is 0 Å². The van der Waals surface area contributed by atoms with Crippen LogP contribution in [0.3, 0.4) is 0 Å². The predicted octanol–water partition coefficient (Wildman–Crippen LogP) is 2.13. The van der Waals surface area contributed by atoms with E-state index in [1.54, 1.807) is 4.90 Å². The summed E-state index contributed by atoms with van der Waals surface area (Å²) in [6, 6.07) is 3.26. The fraction of sp³-hybridized carbons (Fsp3) is 0.462. The summed E-state index contributed by atoms with van der Waals surface area (Å²) in [6.07, 6.45) is -0.0861. The minimum atomic E-state index is -0.682. The number of morpholine rings is 1. The molecule has 1 aliphatic rings. The van der Waals surface area contributed by atoms with Gasteiger partial charge in [0.05, 0.1) is 19.1 Å². The van der Waals surface area contributed by atoms with E-state index in [-0.39, 0.29) is 24.0 Å². The third-order valence-electron chi connectivity index (χ3n) is 3.02. The Labute approximate surface area is 118 Å². The lowest BCUT2D eigenvalue weighted by atomic mass is 10.1. The maximum atomic E-state index is 13.5. The molecule has 6 heteroatoms. The zero-order valence-electron chi connectivity index (χ0n) is 10.2. The molecule has 2 rings (SSSR count). The topological polar surface area (TPSA) is 29.5 Å². The van der Waals surface area contributed by atoms with E-state index in [0.717, 1.165) is 12.1 Å². The first-order valence-corrected chi connectivity index (χ1v) is 7.11. The van der Waals surface area contributed by atoms with Gasteiger partial charge in [-0.2, -0.15) is 0 Å². The first-order valence-electron chi connectivity index (χ1n) is 5.99. The Morgan fingerprint density at radius 1 is 1.47 bits per heavy atom. The van der Waals surface area contributed by atoms with Crippen molar-refractivity contribution in [3.8, 4) is 0 Å². The van der Waals surface area contributed by atoms with Gasteiger partial charge in [0, 0.05) is 24.5 Å². The van der Waals surface area contributed by atoms with Gasteiger partial charge in [-0.3, -0.25) is 4.79 Å². The maximum Gasteiger partial charge on any atom is 0.227 e. The zero-order valence-corrected chi connectivity index (χ0v) is 11.8. The Balaban J connectivity index is 2.00. The van der Waals surface area contributed by atoms with Gasteiger partial charge in [0.1, 0.15) is 11.6 Å². The Kier molecular flexibility index (Phi) is 4.87. The molecule has 19 heavy (non-hydrogen) atoms. The first kappa shape index (κ1) is 14.4. The highest BCUT2D eigenvalue weighted by Gasteiger charge is 2.24. The molecular weight excluding hydrogens is 320 g/mol. The predicted molar refractivity (Wildman–Crippen MR) is 70.2 cm³/mol. The Morgan fingerprint density at radius 2 is 2.26 bits per heavy atom. The molecule has 0 saturated carbocycles. The SMILES string of the molecule is O=C(Cc1ccc(F)cc1F)N1CCOC(CBr)C1. The minimum Gasteiger partial charge on any atom is -0.374 e. The number of hydrogen-bond donors (Lipinski definition) is 0. The average molecular weight is 334 g/mol. The lowest BCUT2D eigenvalue weighted by Gasteiger charge is -2.32. The van der Waals surface area contributed by atoms with E-state index >= 15 is 0 Å². The highest BCUT2D eigenvalue weighted by molar-refractivity contribution is 9.09. The minimum absolute atomic E-state index is 0.0317. The van der Waals surface area contributed by atoms with Gasteiger partial charge in [-0.1, -0.05) is 22.0 Å². The fourth-order valence-electron chi connectivity index (χ4n) is 1.98. The van der Waals surface area contributed by atoms with Crippen molar-refractivity contribution in [3.05, 3.63) is 35.4 Å². The monoisotopic (exact) mass is 333 g/mol. The van der Waals surface area contributed by atoms with Crippen LogP contribution >= 0.6 is 15.9 Å². The molecule has 1 saturated heterocycles. The van der Waals surface area contributed by atoms with Crippen molar-refractivity contribution in [1.82, 2.24) is 4.90 Å². The molecule has 3 nitrogen and oxygen atoms in total. The number of hydrogen-bond acceptors (Lipinski definition) is 2. The smallest absolute Gasteiger partial charge is 0.227 e. The lowest BCUT2D eigenvalue weighted by Crippen LogP contribution is -2.46. The van der Waals surface area contributed by atoms with Crippen LogP contribution in [-0.2, 0) is 16.0 Å². The van der Waals surface area contributed by atoms with Crippen LogP contribution in [0.1, 0.15) is 5.56 Å². The number of rotatable bonds is 3. The number of nitrogens with zero attached hydrogens (tertiary/aromatic N) is 1. The van der Waals surface area contributed by atoms with Gasteiger partial charge in [0.2, 0.25) is 5.91 Å². The van der Waals surface area contributed by atoms with Crippen LogP contribution in [0.25, 0.3) is 0 Å². The molecule has 1 aromatic rings. The zero-order chi connectivity index (χ0) is 13.8. The van der Waals surface area contributed by atoms with E-state index in [1.807, 2.05) is 0 Å². The first-order chi connectivity index (χ1) is 9.10. The standard InChI is InChI=1S/C13H14BrF2NO2/c14-7-11-8-17(3-4-19-11)13(18)5-9-1-2-10(15)6-12(9)16/h1-2,6,11H,3-5,7-8H2. The van der Waals surface area contributed by atoms with Crippen LogP contribution in [-0.4, -0.2) is 41.9 Å². The number of halogens is 3. The largest absolute Gasteiger partial charge is 0.374 e. The van der Waals surface area contributed by atoms with E-state index in [4.69, 9.17) is 4.74 Å². The molecule has 0 spiro atoms. The fourth-order valence-corrected chi connectivity index (χ4v) is 2.37. The second kappa shape index (κ2) is 6.43. The second-order valence-electron chi connectivity index (χ2n) is 4.40. The number of benzene rings is 1. The van der Waals surface area contributed by atoms with Gasteiger partial charge < -0.3 is 9.64 Å². The molecule has 1 heterocycles. The third-order valence-corrected chi connectivity index (χ3v) is 3.74. The summed E-state index contributed by atoms with van der Waals surface area (Å²) in [6.45, 7) is 1.48. The lowest BCUT2D eigenvalue weighted by molar-refractivity contribution is -0.137. The van der Waals surface area contributed by atoms with E-state index in [9.17, 15) is 13.6 Å². The maximum absolute atomic E-state index is 13.5. The Morgan fingerprint density at radius 3 is 2.95 bits per heavy atom. The van der Waals surface area contributed by atoms with Crippen LogP contribution in [0, 0.1) is 11.6 Å². The summed E-state index contributed by atoms with van der Waals surface area (Å²) in [5.41, 5.74) is 0.216. The van der Waals surface area contributed by atoms with E-state index in [0.29, 0.717) is 25.0 Å². The van der Waals surface area contributed by atoms with Crippen LogP contribution in [0.2, 0.25) is 0 Å². The van der Waals surface area contributed by atoms with Gasteiger partial charge >= 0.3 is 0 Å². The van der Waals surface area contributed by atoms with Crippen LogP contribution in [0.15, 0.2) is 18.2 Å². The van der Waals surface area contributed by atoms with Crippen molar-refractivity contribution in [1.29, 1.82) is 0 Å². The molecular formula is C13H14BrF2NO2. The Hall–Kier alpha value is -1.01. The summed E-state index contributed by atoms with van der Waals surface area (Å²) in [7, 11) is 0. The molecule has 0 bridgehead atoms. The number of amides is 1. The summed E-state index contributed by atoms with van der Waals surface area (Å²) in [4.78, 5) is 13.7. The van der Waals surface area contributed by atoms with Crippen molar-refractivity contribution >= 4 is 21.8 Å². The summed E-state index contributed by atoms with van der Waals surface area (Å²) >= 11 is 3.31. The van der Waals surface area contributed by atoms with Gasteiger partial charge in [-0.15, -0.1) is 0 Å². The number of carbonyl (C=O) groups excluding carboxylic acids is 1. The molecule has 1 unspecified atom stereocenters. The second-order valence-corrected chi connectivity index (χ2v) is 5.05. The van der Waals surface area contributed by atoms with Crippen molar-refractivity contribution in [2.75, 3.05) is 25.0 Å². The van der Waals surface area contributed by atoms with Gasteiger partial charge in [0.25, 0.3) is 0 Å². The molecule has 1 aliphatic heterocycles. The molecule has 0 N–H and O–H groups in total. The quantitative estimate of drug-likeness (QED) is 0.793. The Bertz CT molecular complexity index is 470. The van der Waals surface area contributed by atoms with Crippen LogP contribution < -0.4 is 0 Å². The van der Waals surface area contributed by atoms with Gasteiger partial charge in [-0.25, -0.2) is 8.78 Å². The number of carbonyl (C=O) groups is 1. The van der Waals surface area contributed by atoms with Crippen molar-refractivity contribution in [2.24, 2.45) is 0 Å². The third kappa shape index (κ3) is 3.73. The van der Waals surface area contributed by atoms with E-state index < -0.39 is 11.6 Å². The summed E-state index contributed by atoms with van der Waals surface area (Å²) in [5.74, 6) is -1.49. The molecule has 0 aromatic heterocycles. The van der Waals surface area contributed by atoms with Crippen molar-refractivity contribution in [2.45, 2.75) is 12.5 Å². The van der Waals surface area contributed by atoms with Gasteiger partial charge in [-0.05, 0) is 11.6 Å². The van der Waals surface area contributed by atoms with Crippen LogP contribution in [0.4, 0.5) is 8.78 Å². The molecule has 1 aromatic carbocycles. The van der Waals surface area contributed by atoms with Gasteiger partial charge in [0.15, 0.2) is 0 Å². The molecule has 1 fully saturated rings. The van der Waals surface area contributed by atoms with E-state index in [2.05, 4.69) is 15.9 Å². The molecule has 1 amide bonds. The molecule has 0 aliphatic carbocycles. The van der Waals surface area contributed by atoms with Crippen LogP contribution in [0.5, 0.6) is 0 Å². The summed E-state index contributed by atoms with van der Waals surface area (Å²) in [5, 5.41) is 0.654. The molecule has 0 radical (unpaired) electrons. The molecule has 104 valence electrons. The average Bonchev–Trinajstić information content (AvgIpc) is 2.42. The highest BCUT2D eigenvalue weighted by Crippen LogP contribution is 2.13. The summed E-state index contributed by atoms with van der Waals surface area (Å²) < 4.78 is 31.7. The number of alkyl halides is 1. The number of ether oxygens (including phenoxy) is 1. The molecule has 1 atom stereocenters. The van der Waals surface area contributed by atoms with E-state index in [1.165, 1.54) is 6.07 Å². The normalized spacial score (nSPS) is 19.5. The van der Waals surface area contributed by atoms with Crippen molar-refractivity contribution < 1.29 is 18.3 Å². The highest BCUT2D eigenvalue weighted by atomic mass is 79.9.